The number of fused-ring (bicyclic) bond motifs is 2. The molecule has 0 saturated carbocycles. The van der Waals surface area contributed by atoms with E-state index in [0.717, 1.165) is 19.3 Å². The predicted octanol–water partition coefficient (Wildman–Crippen LogP) is 0.779. The van der Waals surface area contributed by atoms with Gasteiger partial charge in [0.2, 0.25) is 5.91 Å². The lowest BCUT2D eigenvalue weighted by Crippen LogP contribution is -2.46. The molecule has 2 heterocycles. The van der Waals surface area contributed by atoms with Gasteiger partial charge in [-0.3, -0.25) is 9.59 Å². The summed E-state index contributed by atoms with van der Waals surface area (Å²) in [4.78, 5) is 23.3. The summed E-state index contributed by atoms with van der Waals surface area (Å²) in [6.07, 6.45) is 1.92. The van der Waals surface area contributed by atoms with Crippen LogP contribution in [0.2, 0.25) is 0 Å². The van der Waals surface area contributed by atoms with Crippen LogP contribution in [-0.2, 0) is 14.3 Å². The molecule has 17 heavy (non-hydrogen) atoms. The fourth-order valence-corrected chi connectivity index (χ4v) is 2.77. The fraction of sp³-hybridized carbons (Fsp3) is 0.833. The first kappa shape index (κ1) is 12.4. The Morgan fingerprint density at radius 2 is 1.94 bits per heavy atom. The Morgan fingerprint density at radius 3 is 2.47 bits per heavy atom. The minimum atomic E-state index is -0.915. The molecule has 2 aliphatic heterocycles. The number of aliphatic carboxylic acids is 1. The van der Waals surface area contributed by atoms with Crippen LogP contribution in [0.5, 0.6) is 0 Å². The number of rotatable bonds is 4. The number of carbonyl (C=O) groups is 2. The van der Waals surface area contributed by atoms with Crippen molar-refractivity contribution in [2.75, 3.05) is 0 Å². The zero-order valence-electron chi connectivity index (χ0n) is 10.2. The third-order valence-corrected chi connectivity index (χ3v) is 3.86. The molecule has 96 valence electrons. The number of carbonyl (C=O) groups excluding carboxylic acids is 1. The normalized spacial score (nSPS) is 36.8. The number of carboxylic acid groups (broad SMARTS) is 1. The molecular weight excluding hydrogens is 222 g/mol. The van der Waals surface area contributed by atoms with Gasteiger partial charge in [-0.1, -0.05) is 6.92 Å². The number of hydrogen-bond acceptors (Lipinski definition) is 3. The van der Waals surface area contributed by atoms with Gasteiger partial charge in [0.05, 0.1) is 24.0 Å². The van der Waals surface area contributed by atoms with Gasteiger partial charge in [0.25, 0.3) is 0 Å². The first-order chi connectivity index (χ1) is 8.04. The smallest absolute Gasteiger partial charge is 0.310 e. The van der Waals surface area contributed by atoms with Gasteiger partial charge in [-0.2, -0.15) is 0 Å². The summed E-state index contributed by atoms with van der Waals surface area (Å²) in [6.45, 7) is 3.90. The molecule has 0 aromatic rings. The largest absolute Gasteiger partial charge is 0.481 e. The maximum atomic E-state index is 12.1. The van der Waals surface area contributed by atoms with E-state index in [4.69, 9.17) is 4.74 Å². The van der Waals surface area contributed by atoms with Crippen molar-refractivity contribution < 1.29 is 19.4 Å². The molecule has 5 unspecified atom stereocenters. The van der Waals surface area contributed by atoms with Gasteiger partial charge in [0.15, 0.2) is 0 Å². The third-order valence-electron chi connectivity index (χ3n) is 3.86. The highest BCUT2D eigenvalue weighted by Gasteiger charge is 2.55. The summed E-state index contributed by atoms with van der Waals surface area (Å²) >= 11 is 0. The van der Waals surface area contributed by atoms with Crippen molar-refractivity contribution in [3.63, 3.8) is 0 Å². The van der Waals surface area contributed by atoms with E-state index in [1.54, 1.807) is 0 Å². The number of carboxylic acids is 1. The van der Waals surface area contributed by atoms with Gasteiger partial charge in [0.1, 0.15) is 0 Å². The number of nitrogens with one attached hydrogen (secondary N) is 1. The Bertz CT molecular complexity index is 330. The maximum absolute atomic E-state index is 12.1. The van der Waals surface area contributed by atoms with Crippen LogP contribution >= 0.6 is 0 Å². The summed E-state index contributed by atoms with van der Waals surface area (Å²) in [5.41, 5.74) is 0. The highest BCUT2D eigenvalue weighted by Crippen LogP contribution is 2.43. The van der Waals surface area contributed by atoms with Gasteiger partial charge in [-0.05, 0) is 26.2 Å². The summed E-state index contributed by atoms with van der Waals surface area (Å²) < 4.78 is 5.55. The molecule has 2 fully saturated rings. The van der Waals surface area contributed by atoms with Gasteiger partial charge in [-0.15, -0.1) is 0 Å². The molecule has 2 bridgehead atoms. The topological polar surface area (TPSA) is 75.6 Å². The van der Waals surface area contributed by atoms with Gasteiger partial charge in [0, 0.05) is 6.04 Å². The van der Waals surface area contributed by atoms with E-state index in [2.05, 4.69) is 5.32 Å². The molecule has 5 heteroatoms. The van der Waals surface area contributed by atoms with Crippen LogP contribution in [0, 0.1) is 11.8 Å². The summed E-state index contributed by atoms with van der Waals surface area (Å²) in [5.74, 6) is -2.27. The summed E-state index contributed by atoms with van der Waals surface area (Å²) in [7, 11) is 0. The van der Waals surface area contributed by atoms with E-state index in [9.17, 15) is 14.7 Å². The minimum Gasteiger partial charge on any atom is -0.481 e. The standard InChI is InChI=1S/C12H19NO4/c1-3-6(2)13-11(14)9-7-4-5-8(17-7)10(9)12(15)16/h6-10H,3-5H2,1-2H3,(H,13,14)(H,15,16). The summed E-state index contributed by atoms with van der Waals surface area (Å²) in [6, 6.07) is 0.0797. The van der Waals surface area contributed by atoms with Crippen LogP contribution in [0.1, 0.15) is 33.1 Å². The number of hydrogen-bond donors (Lipinski definition) is 2. The highest BCUT2D eigenvalue weighted by atomic mass is 16.5. The Hall–Kier alpha value is -1.10. The minimum absolute atomic E-state index is 0.0797. The second-order valence-corrected chi connectivity index (χ2v) is 5.00. The Balaban J connectivity index is 2.08. The molecule has 5 atom stereocenters. The molecule has 0 aliphatic carbocycles. The molecule has 2 rings (SSSR count). The van der Waals surface area contributed by atoms with Crippen molar-refractivity contribution in [3.8, 4) is 0 Å². The zero-order valence-corrected chi connectivity index (χ0v) is 10.2. The van der Waals surface area contributed by atoms with Crippen LogP contribution in [0.15, 0.2) is 0 Å². The van der Waals surface area contributed by atoms with Crippen molar-refractivity contribution >= 4 is 11.9 Å². The third kappa shape index (κ3) is 2.16. The Labute approximate surface area is 101 Å². The maximum Gasteiger partial charge on any atom is 0.310 e. The lowest BCUT2D eigenvalue weighted by atomic mass is 9.78. The number of ether oxygens (including phenoxy) is 1. The molecule has 0 radical (unpaired) electrons. The van der Waals surface area contributed by atoms with Crippen LogP contribution in [0.25, 0.3) is 0 Å². The van der Waals surface area contributed by atoms with Gasteiger partial charge in [-0.25, -0.2) is 0 Å². The average Bonchev–Trinajstić information content (AvgIpc) is 2.87. The van der Waals surface area contributed by atoms with Crippen LogP contribution in [0.4, 0.5) is 0 Å². The lowest BCUT2D eigenvalue weighted by Gasteiger charge is -2.25. The fourth-order valence-electron chi connectivity index (χ4n) is 2.77. The Morgan fingerprint density at radius 1 is 1.35 bits per heavy atom. The van der Waals surface area contributed by atoms with Crippen LogP contribution < -0.4 is 5.32 Å². The first-order valence-electron chi connectivity index (χ1n) is 6.23. The van der Waals surface area contributed by atoms with E-state index >= 15 is 0 Å². The molecule has 5 nitrogen and oxygen atoms in total. The van der Waals surface area contributed by atoms with Crippen molar-refractivity contribution in [3.05, 3.63) is 0 Å². The molecule has 0 spiro atoms. The Kier molecular flexibility index (Phi) is 3.38. The molecular formula is C12H19NO4. The quantitative estimate of drug-likeness (QED) is 0.762. The second kappa shape index (κ2) is 4.64. The second-order valence-electron chi connectivity index (χ2n) is 5.00. The predicted molar refractivity (Wildman–Crippen MR) is 60.4 cm³/mol. The molecule has 1 amide bonds. The van der Waals surface area contributed by atoms with E-state index < -0.39 is 17.8 Å². The monoisotopic (exact) mass is 241 g/mol. The first-order valence-corrected chi connectivity index (χ1v) is 6.23. The highest BCUT2D eigenvalue weighted by molar-refractivity contribution is 5.86. The SMILES string of the molecule is CCC(C)NC(=O)C1C2CCC(O2)C1C(=O)O. The molecule has 2 N–H and O–H groups in total. The molecule has 0 aromatic carbocycles. The molecule has 0 aromatic heterocycles. The number of amides is 1. The average molecular weight is 241 g/mol. The summed E-state index contributed by atoms with van der Waals surface area (Å²) in [5, 5.41) is 12.0. The lowest BCUT2D eigenvalue weighted by molar-refractivity contribution is -0.148. The molecule has 2 aliphatic rings. The van der Waals surface area contributed by atoms with E-state index in [0.29, 0.717) is 0 Å². The van der Waals surface area contributed by atoms with Crippen molar-refractivity contribution in [1.29, 1.82) is 0 Å². The van der Waals surface area contributed by atoms with E-state index in [-0.39, 0.29) is 24.2 Å². The van der Waals surface area contributed by atoms with Crippen LogP contribution in [-0.4, -0.2) is 35.2 Å². The van der Waals surface area contributed by atoms with Gasteiger partial charge < -0.3 is 15.2 Å². The van der Waals surface area contributed by atoms with E-state index in [1.807, 2.05) is 13.8 Å². The van der Waals surface area contributed by atoms with Gasteiger partial charge >= 0.3 is 5.97 Å². The van der Waals surface area contributed by atoms with Crippen molar-refractivity contribution in [1.82, 2.24) is 5.32 Å². The van der Waals surface area contributed by atoms with E-state index in [1.165, 1.54) is 0 Å². The zero-order chi connectivity index (χ0) is 12.6. The van der Waals surface area contributed by atoms with Crippen molar-refractivity contribution in [2.24, 2.45) is 11.8 Å². The van der Waals surface area contributed by atoms with Crippen molar-refractivity contribution in [2.45, 2.75) is 51.4 Å². The molecule has 2 saturated heterocycles. The van der Waals surface area contributed by atoms with Crippen LogP contribution in [0.3, 0.4) is 0 Å².